The number of pyridine rings is 1. The molecule has 4 rings (SSSR count). The van der Waals surface area contributed by atoms with Crippen LogP contribution in [-0.2, 0) is 14.3 Å². The van der Waals surface area contributed by atoms with E-state index in [0.717, 1.165) is 0 Å². The molecular weight excluding hydrogens is 420 g/mol. The van der Waals surface area contributed by atoms with Crippen molar-refractivity contribution in [3.05, 3.63) is 101 Å². The highest BCUT2D eigenvalue weighted by molar-refractivity contribution is 6.51. The van der Waals surface area contributed by atoms with Gasteiger partial charge in [0, 0.05) is 23.6 Å². The van der Waals surface area contributed by atoms with Crippen molar-refractivity contribution in [1.82, 2.24) is 4.98 Å². The Kier molecular flexibility index (Phi) is 6.04. The van der Waals surface area contributed by atoms with Crippen LogP contribution in [0.5, 0.6) is 0 Å². The SMILES string of the molecule is CC(C)OC(=O)c1cccc(N2C(=O)C(=O)/C(=C(/O)c3ccncc3)C2c2ccccc2)c1. The fraction of sp³-hybridized carbons (Fsp3) is 0.154. The number of benzene rings is 2. The number of hydrogen-bond donors (Lipinski definition) is 1. The maximum absolute atomic E-state index is 13.2. The van der Waals surface area contributed by atoms with E-state index in [-0.39, 0.29) is 23.0 Å². The lowest BCUT2D eigenvalue weighted by molar-refractivity contribution is -0.132. The van der Waals surface area contributed by atoms with Crippen molar-refractivity contribution in [2.24, 2.45) is 0 Å². The van der Waals surface area contributed by atoms with Gasteiger partial charge in [0.1, 0.15) is 5.76 Å². The Morgan fingerprint density at radius 3 is 2.33 bits per heavy atom. The second-order valence-corrected chi connectivity index (χ2v) is 7.82. The number of Topliss-reactive ketones (excluding diaryl/α,β-unsaturated/α-hetero) is 1. The largest absolute Gasteiger partial charge is 0.507 e. The first-order valence-corrected chi connectivity index (χ1v) is 10.5. The summed E-state index contributed by atoms with van der Waals surface area (Å²) in [6.45, 7) is 3.49. The van der Waals surface area contributed by atoms with Crippen LogP contribution in [0.2, 0.25) is 0 Å². The number of aliphatic hydroxyl groups is 1. The zero-order valence-corrected chi connectivity index (χ0v) is 18.1. The van der Waals surface area contributed by atoms with E-state index in [1.807, 2.05) is 6.07 Å². The molecule has 33 heavy (non-hydrogen) atoms. The zero-order valence-electron chi connectivity index (χ0n) is 18.1. The molecule has 1 N–H and O–H groups in total. The number of hydrogen-bond acceptors (Lipinski definition) is 6. The first-order valence-electron chi connectivity index (χ1n) is 10.5. The highest BCUT2D eigenvalue weighted by Crippen LogP contribution is 2.42. The number of carbonyl (C=O) groups is 3. The van der Waals surface area contributed by atoms with Gasteiger partial charge in [0.25, 0.3) is 11.7 Å². The number of anilines is 1. The summed E-state index contributed by atoms with van der Waals surface area (Å²) < 4.78 is 5.27. The molecule has 1 aromatic heterocycles. The van der Waals surface area contributed by atoms with E-state index in [0.29, 0.717) is 16.8 Å². The van der Waals surface area contributed by atoms with Gasteiger partial charge in [-0.15, -0.1) is 0 Å². The molecule has 2 aromatic carbocycles. The molecule has 3 aromatic rings. The average Bonchev–Trinajstić information content (AvgIpc) is 3.10. The Hall–Kier alpha value is -4.26. The number of rotatable bonds is 5. The Bertz CT molecular complexity index is 1240. The number of ether oxygens (including phenoxy) is 1. The molecule has 1 unspecified atom stereocenters. The Balaban J connectivity index is 1.87. The number of ketones is 1. The molecule has 1 saturated heterocycles. The van der Waals surface area contributed by atoms with Gasteiger partial charge in [-0.1, -0.05) is 36.4 Å². The third-order valence-corrected chi connectivity index (χ3v) is 5.22. The van der Waals surface area contributed by atoms with Crippen molar-refractivity contribution in [3.63, 3.8) is 0 Å². The molecule has 7 nitrogen and oxygen atoms in total. The van der Waals surface area contributed by atoms with Gasteiger partial charge >= 0.3 is 5.97 Å². The van der Waals surface area contributed by atoms with Crippen molar-refractivity contribution in [2.45, 2.75) is 26.0 Å². The van der Waals surface area contributed by atoms with Crippen molar-refractivity contribution in [3.8, 4) is 0 Å². The number of esters is 1. The van der Waals surface area contributed by atoms with Gasteiger partial charge in [-0.3, -0.25) is 19.5 Å². The van der Waals surface area contributed by atoms with Crippen LogP contribution in [0, 0.1) is 0 Å². The lowest BCUT2D eigenvalue weighted by Crippen LogP contribution is -2.29. The lowest BCUT2D eigenvalue weighted by atomic mass is 9.95. The third-order valence-electron chi connectivity index (χ3n) is 5.22. The van der Waals surface area contributed by atoms with E-state index < -0.39 is 23.7 Å². The topological polar surface area (TPSA) is 96.8 Å². The molecule has 166 valence electrons. The second kappa shape index (κ2) is 9.08. The first kappa shape index (κ1) is 22.0. The second-order valence-electron chi connectivity index (χ2n) is 7.82. The van der Waals surface area contributed by atoms with Crippen molar-refractivity contribution >= 4 is 29.1 Å². The van der Waals surface area contributed by atoms with E-state index >= 15 is 0 Å². The minimum absolute atomic E-state index is 0.0347. The van der Waals surface area contributed by atoms with Gasteiger partial charge in [0.2, 0.25) is 0 Å². The summed E-state index contributed by atoms with van der Waals surface area (Å²) in [6.07, 6.45) is 2.68. The van der Waals surface area contributed by atoms with Gasteiger partial charge in [0.15, 0.2) is 0 Å². The van der Waals surface area contributed by atoms with E-state index in [2.05, 4.69) is 4.98 Å². The lowest BCUT2D eigenvalue weighted by Gasteiger charge is -2.25. The van der Waals surface area contributed by atoms with E-state index in [1.54, 1.807) is 68.4 Å². The molecule has 0 aliphatic carbocycles. The molecule has 1 aliphatic rings. The van der Waals surface area contributed by atoms with Crippen LogP contribution in [0.3, 0.4) is 0 Å². The fourth-order valence-electron chi connectivity index (χ4n) is 3.78. The zero-order chi connectivity index (χ0) is 23.5. The summed E-state index contributed by atoms with van der Waals surface area (Å²) in [4.78, 5) is 44.0. The normalized spacial score (nSPS) is 17.4. The minimum Gasteiger partial charge on any atom is -0.507 e. The predicted molar refractivity (Wildman–Crippen MR) is 122 cm³/mol. The standard InChI is InChI=1S/C26H22N2O5/c1-16(2)33-26(32)19-9-6-10-20(15-19)28-22(17-7-4-3-5-8-17)21(24(30)25(28)31)23(29)18-11-13-27-14-12-18/h3-16,22,29H,1-2H3/b23-21+. The van der Waals surface area contributed by atoms with Crippen LogP contribution in [0.1, 0.15) is 41.4 Å². The van der Waals surface area contributed by atoms with E-state index in [1.165, 1.54) is 23.4 Å². The van der Waals surface area contributed by atoms with Crippen LogP contribution < -0.4 is 4.90 Å². The minimum atomic E-state index is -0.879. The smallest absolute Gasteiger partial charge is 0.338 e. The van der Waals surface area contributed by atoms with Crippen molar-refractivity contribution in [1.29, 1.82) is 0 Å². The van der Waals surface area contributed by atoms with Crippen molar-refractivity contribution in [2.75, 3.05) is 4.90 Å². The highest BCUT2D eigenvalue weighted by Gasteiger charge is 2.47. The number of amides is 1. The molecule has 0 spiro atoms. The van der Waals surface area contributed by atoms with Crippen LogP contribution >= 0.6 is 0 Å². The van der Waals surface area contributed by atoms with Crippen LogP contribution in [0.15, 0.2) is 84.7 Å². The summed E-state index contributed by atoms with van der Waals surface area (Å²) >= 11 is 0. The summed E-state index contributed by atoms with van der Waals surface area (Å²) in [7, 11) is 0. The molecule has 1 atom stereocenters. The van der Waals surface area contributed by atoms with Gasteiger partial charge in [0.05, 0.1) is 23.3 Å². The van der Waals surface area contributed by atoms with E-state index in [4.69, 9.17) is 4.74 Å². The number of aliphatic hydroxyl groups excluding tert-OH is 1. The summed E-state index contributed by atoms with van der Waals surface area (Å²) in [5.41, 5.74) is 1.58. The first-order chi connectivity index (χ1) is 15.9. The Morgan fingerprint density at radius 1 is 0.970 bits per heavy atom. The molecule has 0 radical (unpaired) electrons. The molecule has 1 amide bonds. The number of nitrogens with zero attached hydrogens (tertiary/aromatic N) is 2. The molecule has 0 saturated carbocycles. The molecule has 1 aliphatic heterocycles. The van der Waals surface area contributed by atoms with Gasteiger partial charge in [-0.05, 0) is 49.7 Å². The number of aromatic nitrogens is 1. The van der Waals surface area contributed by atoms with Crippen LogP contribution in [0.4, 0.5) is 5.69 Å². The van der Waals surface area contributed by atoms with Crippen LogP contribution in [0.25, 0.3) is 5.76 Å². The molecule has 2 heterocycles. The third kappa shape index (κ3) is 4.25. The van der Waals surface area contributed by atoms with Gasteiger partial charge < -0.3 is 9.84 Å². The molecule has 1 fully saturated rings. The summed E-state index contributed by atoms with van der Waals surface area (Å²) in [5.74, 6) is -2.43. The maximum atomic E-state index is 13.2. The Labute approximate surface area is 191 Å². The monoisotopic (exact) mass is 442 g/mol. The van der Waals surface area contributed by atoms with Gasteiger partial charge in [-0.2, -0.15) is 0 Å². The molecule has 0 bridgehead atoms. The quantitative estimate of drug-likeness (QED) is 0.274. The summed E-state index contributed by atoms with van der Waals surface area (Å²) in [6, 6.07) is 17.6. The average molecular weight is 442 g/mol. The van der Waals surface area contributed by atoms with Crippen LogP contribution in [-0.4, -0.2) is 33.9 Å². The highest BCUT2D eigenvalue weighted by atomic mass is 16.5. The maximum Gasteiger partial charge on any atom is 0.338 e. The predicted octanol–water partition coefficient (Wildman–Crippen LogP) is 4.27. The molecular formula is C26H22N2O5. The van der Waals surface area contributed by atoms with Crippen molar-refractivity contribution < 1.29 is 24.2 Å². The molecule has 7 heteroatoms. The van der Waals surface area contributed by atoms with Gasteiger partial charge in [-0.25, -0.2) is 4.79 Å². The fourth-order valence-corrected chi connectivity index (χ4v) is 3.78. The van der Waals surface area contributed by atoms with E-state index in [9.17, 15) is 19.5 Å². The Morgan fingerprint density at radius 2 is 1.67 bits per heavy atom. The number of carbonyl (C=O) groups excluding carboxylic acids is 3. The summed E-state index contributed by atoms with van der Waals surface area (Å²) in [5, 5.41) is 11.0.